The maximum Gasteiger partial charge on any atom is 0.135 e. The molecule has 0 saturated heterocycles. The lowest BCUT2D eigenvalue weighted by Crippen LogP contribution is -2.08. The molecule has 0 atom stereocenters. The van der Waals surface area contributed by atoms with Crippen molar-refractivity contribution < 1.29 is 0 Å². The average Bonchev–Trinajstić information content (AvgIpc) is 2.35. The van der Waals surface area contributed by atoms with Gasteiger partial charge in [0.1, 0.15) is 11.6 Å². The van der Waals surface area contributed by atoms with Crippen LogP contribution in [-0.4, -0.2) is 16.5 Å². The van der Waals surface area contributed by atoms with Crippen LogP contribution in [0.4, 0.5) is 5.82 Å². The Labute approximate surface area is 115 Å². The molecule has 0 bridgehead atoms. The van der Waals surface area contributed by atoms with Crippen LogP contribution in [0.25, 0.3) is 0 Å². The van der Waals surface area contributed by atoms with Gasteiger partial charge < -0.3 is 5.32 Å². The number of aryl methyl sites for hydroxylation is 2. The molecule has 1 heterocycles. The van der Waals surface area contributed by atoms with Gasteiger partial charge in [-0.15, -0.1) is 0 Å². The maximum atomic E-state index is 4.63. The van der Waals surface area contributed by atoms with Gasteiger partial charge in [0.2, 0.25) is 0 Å². The van der Waals surface area contributed by atoms with Crippen LogP contribution in [0.5, 0.6) is 0 Å². The first-order chi connectivity index (χ1) is 9.10. The monoisotopic (exact) mass is 255 g/mol. The van der Waals surface area contributed by atoms with Crippen LogP contribution < -0.4 is 5.32 Å². The lowest BCUT2D eigenvalue weighted by Gasteiger charge is -2.11. The Morgan fingerprint density at radius 3 is 2.58 bits per heavy atom. The molecule has 1 aromatic heterocycles. The second-order valence-electron chi connectivity index (χ2n) is 4.90. The Hall–Kier alpha value is -1.90. The highest BCUT2D eigenvalue weighted by atomic mass is 15.0. The minimum Gasteiger partial charge on any atom is -0.370 e. The van der Waals surface area contributed by atoms with E-state index in [0.717, 1.165) is 35.9 Å². The van der Waals surface area contributed by atoms with Gasteiger partial charge in [0.05, 0.1) is 0 Å². The quantitative estimate of drug-likeness (QED) is 0.909. The van der Waals surface area contributed by atoms with Gasteiger partial charge in [0.25, 0.3) is 0 Å². The Morgan fingerprint density at radius 1 is 1.11 bits per heavy atom. The fraction of sp³-hybridized carbons (Fsp3) is 0.375. The van der Waals surface area contributed by atoms with Crippen molar-refractivity contribution in [2.45, 2.75) is 34.1 Å². The summed E-state index contributed by atoms with van der Waals surface area (Å²) in [5, 5.41) is 3.30. The van der Waals surface area contributed by atoms with Crippen molar-refractivity contribution in [2.75, 3.05) is 11.9 Å². The van der Waals surface area contributed by atoms with E-state index in [1.54, 1.807) is 0 Å². The third-order valence-electron chi connectivity index (χ3n) is 3.22. The molecule has 0 radical (unpaired) electrons. The normalized spacial score (nSPS) is 10.5. The second kappa shape index (κ2) is 5.83. The van der Waals surface area contributed by atoms with Crippen LogP contribution in [0.15, 0.2) is 24.3 Å². The molecule has 2 aromatic rings. The standard InChI is InChI=1S/C16H21N3/c1-5-17-16-12(3)13(4)18-15(19-16)10-14-8-6-7-11(2)9-14/h6-9H,5,10H2,1-4H3,(H,17,18,19). The largest absolute Gasteiger partial charge is 0.370 e. The first-order valence-electron chi connectivity index (χ1n) is 6.73. The van der Waals surface area contributed by atoms with Crippen molar-refractivity contribution in [3.05, 3.63) is 52.5 Å². The van der Waals surface area contributed by atoms with Crippen molar-refractivity contribution in [3.63, 3.8) is 0 Å². The first kappa shape index (κ1) is 13.5. The number of aromatic nitrogens is 2. The highest BCUT2D eigenvalue weighted by Crippen LogP contribution is 2.16. The Balaban J connectivity index is 2.30. The number of anilines is 1. The average molecular weight is 255 g/mol. The molecule has 0 unspecified atom stereocenters. The molecule has 0 saturated carbocycles. The minimum absolute atomic E-state index is 0.779. The number of rotatable bonds is 4. The lowest BCUT2D eigenvalue weighted by molar-refractivity contribution is 0.922. The van der Waals surface area contributed by atoms with Crippen LogP contribution in [-0.2, 0) is 6.42 Å². The van der Waals surface area contributed by atoms with Gasteiger partial charge in [-0.25, -0.2) is 9.97 Å². The zero-order chi connectivity index (χ0) is 13.8. The summed E-state index contributed by atoms with van der Waals surface area (Å²) in [6.45, 7) is 9.16. The van der Waals surface area contributed by atoms with E-state index in [4.69, 9.17) is 0 Å². The van der Waals surface area contributed by atoms with Gasteiger partial charge in [-0.05, 0) is 33.3 Å². The number of nitrogens with zero attached hydrogens (tertiary/aromatic N) is 2. The van der Waals surface area contributed by atoms with E-state index in [2.05, 4.69) is 60.3 Å². The van der Waals surface area contributed by atoms with Crippen molar-refractivity contribution in [3.8, 4) is 0 Å². The summed E-state index contributed by atoms with van der Waals surface area (Å²) in [6.07, 6.45) is 0.779. The van der Waals surface area contributed by atoms with E-state index in [1.807, 2.05) is 6.92 Å². The molecule has 1 aromatic carbocycles. The van der Waals surface area contributed by atoms with Crippen molar-refractivity contribution >= 4 is 5.82 Å². The molecule has 0 spiro atoms. The molecule has 0 fully saturated rings. The summed E-state index contributed by atoms with van der Waals surface area (Å²) in [4.78, 5) is 9.22. The van der Waals surface area contributed by atoms with Crippen LogP contribution in [0, 0.1) is 20.8 Å². The van der Waals surface area contributed by atoms with Crippen LogP contribution >= 0.6 is 0 Å². The minimum atomic E-state index is 0.779. The van der Waals surface area contributed by atoms with Crippen molar-refractivity contribution in [1.82, 2.24) is 9.97 Å². The third-order valence-corrected chi connectivity index (χ3v) is 3.22. The number of hydrogen-bond donors (Lipinski definition) is 1. The van der Waals surface area contributed by atoms with Gasteiger partial charge in [-0.2, -0.15) is 0 Å². The molecule has 0 aliphatic carbocycles. The molecule has 3 heteroatoms. The highest BCUT2D eigenvalue weighted by Gasteiger charge is 2.08. The fourth-order valence-corrected chi connectivity index (χ4v) is 2.11. The predicted octanol–water partition coefficient (Wildman–Crippen LogP) is 3.42. The van der Waals surface area contributed by atoms with Gasteiger partial charge in [-0.1, -0.05) is 29.8 Å². The van der Waals surface area contributed by atoms with Crippen LogP contribution in [0.3, 0.4) is 0 Å². The fourth-order valence-electron chi connectivity index (χ4n) is 2.11. The van der Waals surface area contributed by atoms with Gasteiger partial charge in [0, 0.05) is 24.2 Å². The van der Waals surface area contributed by atoms with E-state index < -0.39 is 0 Å². The van der Waals surface area contributed by atoms with E-state index in [1.165, 1.54) is 11.1 Å². The summed E-state index contributed by atoms with van der Waals surface area (Å²) < 4.78 is 0. The lowest BCUT2D eigenvalue weighted by atomic mass is 10.1. The maximum absolute atomic E-state index is 4.63. The molecule has 0 aliphatic rings. The molecule has 1 N–H and O–H groups in total. The van der Waals surface area contributed by atoms with Gasteiger partial charge in [0.15, 0.2) is 0 Å². The first-order valence-corrected chi connectivity index (χ1v) is 6.73. The Bertz CT molecular complexity index is 576. The molecule has 2 rings (SSSR count). The molecular formula is C16H21N3. The summed E-state index contributed by atoms with van der Waals surface area (Å²) >= 11 is 0. The second-order valence-corrected chi connectivity index (χ2v) is 4.90. The van der Waals surface area contributed by atoms with Crippen LogP contribution in [0.1, 0.15) is 35.1 Å². The molecule has 3 nitrogen and oxygen atoms in total. The predicted molar refractivity (Wildman–Crippen MR) is 79.7 cm³/mol. The summed E-state index contributed by atoms with van der Waals surface area (Å²) in [5.74, 6) is 1.84. The number of benzene rings is 1. The van der Waals surface area contributed by atoms with Gasteiger partial charge >= 0.3 is 0 Å². The van der Waals surface area contributed by atoms with E-state index >= 15 is 0 Å². The third kappa shape index (κ3) is 3.31. The molecule has 100 valence electrons. The molecular weight excluding hydrogens is 234 g/mol. The summed E-state index contributed by atoms with van der Waals surface area (Å²) in [6, 6.07) is 8.50. The summed E-state index contributed by atoms with van der Waals surface area (Å²) in [7, 11) is 0. The summed E-state index contributed by atoms with van der Waals surface area (Å²) in [5.41, 5.74) is 4.71. The SMILES string of the molecule is CCNc1nc(Cc2cccc(C)c2)nc(C)c1C. The number of hydrogen-bond acceptors (Lipinski definition) is 3. The zero-order valence-corrected chi connectivity index (χ0v) is 12.1. The molecule has 19 heavy (non-hydrogen) atoms. The number of nitrogens with one attached hydrogen (secondary N) is 1. The van der Waals surface area contributed by atoms with E-state index in [-0.39, 0.29) is 0 Å². The highest BCUT2D eigenvalue weighted by molar-refractivity contribution is 5.45. The van der Waals surface area contributed by atoms with Crippen molar-refractivity contribution in [2.24, 2.45) is 0 Å². The van der Waals surface area contributed by atoms with Crippen molar-refractivity contribution in [1.29, 1.82) is 0 Å². The Kier molecular flexibility index (Phi) is 4.15. The topological polar surface area (TPSA) is 37.8 Å². The van der Waals surface area contributed by atoms with Gasteiger partial charge in [-0.3, -0.25) is 0 Å². The Morgan fingerprint density at radius 2 is 1.89 bits per heavy atom. The molecule has 0 amide bonds. The smallest absolute Gasteiger partial charge is 0.135 e. The van der Waals surface area contributed by atoms with Crippen LogP contribution in [0.2, 0.25) is 0 Å². The van der Waals surface area contributed by atoms with E-state index in [0.29, 0.717) is 0 Å². The zero-order valence-electron chi connectivity index (χ0n) is 12.1. The molecule has 0 aliphatic heterocycles. The van der Waals surface area contributed by atoms with E-state index in [9.17, 15) is 0 Å².